The van der Waals surface area contributed by atoms with Crippen LogP contribution in [0, 0.1) is 6.92 Å². The van der Waals surface area contributed by atoms with Crippen molar-refractivity contribution in [1.29, 1.82) is 0 Å². The van der Waals surface area contributed by atoms with Crippen LogP contribution in [0.5, 0.6) is 5.88 Å². The number of aryl methyl sites for hydroxylation is 2. The number of nitrogens with zero attached hydrogens (tertiary/aromatic N) is 2. The molecule has 1 saturated carbocycles. The second-order valence-electron chi connectivity index (χ2n) is 4.08. The van der Waals surface area contributed by atoms with Crippen LogP contribution in [0.3, 0.4) is 0 Å². The molecule has 0 aromatic carbocycles. The van der Waals surface area contributed by atoms with Gasteiger partial charge in [0, 0.05) is 24.6 Å². The Balaban J connectivity index is 2.51. The fraction of sp³-hybridized carbons (Fsp3) is 0.700. The zero-order valence-corrected chi connectivity index (χ0v) is 9.00. The highest BCUT2D eigenvalue weighted by Gasteiger charge is 2.47. The van der Waals surface area contributed by atoms with Gasteiger partial charge in [0.15, 0.2) is 0 Å². The summed E-state index contributed by atoms with van der Waals surface area (Å²) >= 11 is 0. The summed E-state index contributed by atoms with van der Waals surface area (Å²) in [5.41, 5.74) is 8.23. The van der Waals surface area contributed by atoms with Crippen molar-refractivity contribution < 1.29 is 4.74 Å². The molecule has 0 aliphatic heterocycles. The van der Waals surface area contributed by atoms with Crippen molar-refractivity contribution in [3.63, 3.8) is 0 Å². The van der Waals surface area contributed by atoms with Crippen molar-refractivity contribution in [1.82, 2.24) is 9.78 Å². The molecule has 2 N–H and O–H groups in total. The van der Waals surface area contributed by atoms with Gasteiger partial charge in [-0.1, -0.05) is 0 Å². The molecule has 0 radical (unpaired) electrons. The lowest BCUT2D eigenvalue weighted by Gasteiger charge is -2.13. The molecule has 1 aromatic heterocycles. The van der Waals surface area contributed by atoms with E-state index >= 15 is 0 Å². The largest absolute Gasteiger partial charge is 0.481 e. The van der Waals surface area contributed by atoms with E-state index in [2.05, 4.69) is 5.10 Å². The maximum absolute atomic E-state index is 5.81. The number of methoxy groups -OCH3 is 1. The van der Waals surface area contributed by atoms with Gasteiger partial charge >= 0.3 is 0 Å². The number of aromatic nitrogens is 2. The van der Waals surface area contributed by atoms with Crippen LogP contribution in [0.15, 0.2) is 0 Å². The summed E-state index contributed by atoms with van der Waals surface area (Å²) in [6, 6.07) is 0. The van der Waals surface area contributed by atoms with E-state index in [1.165, 1.54) is 5.56 Å². The van der Waals surface area contributed by atoms with Crippen LogP contribution in [0.1, 0.15) is 24.1 Å². The first-order chi connectivity index (χ1) is 6.64. The minimum absolute atomic E-state index is 0.156. The summed E-state index contributed by atoms with van der Waals surface area (Å²) in [6.07, 6.45) is 2.32. The van der Waals surface area contributed by atoms with E-state index in [0.717, 1.165) is 24.4 Å². The second-order valence-corrected chi connectivity index (χ2v) is 4.08. The predicted molar refractivity (Wildman–Crippen MR) is 54.5 cm³/mol. The van der Waals surface area contributed by atoms with Crippen molar-refractivity contribution in [3.8, 4) is 5.88 Å². The van der Waals surface area contributed by atoms with Crippen LogP contribution in [0.2, 0.25) is 0 Å². The Kier molecular flexibility index (Phi) is 2.03. The van der Waals surface area contributed by atoms with Crippen LogP contribution >= 0.6 is 0 Å². The Hall–Kier alpha value is -1.03. The fourth-order valence-corrected chi connectivity index (χ4v) is 2.19. The second kappa shape index (κ2) is 2.98. The molecule has 0 atom stereocenters. The Morgan fingerprint density at radius 1 is 1.57 bits per heavy atom. The third-order valence-electron chi connectivity index (χ3n) is 3.14. The van der Waals surface area contributed by atoms with Crippen LogP contribution < -0.4 is 10.5 Å². The monoisotopic (exact) mass is 195 g/mol. The molecule has 1 fully saturated rings. The molecule has 0 unspecified atom stereocenters. The standard InChI is InChI=1S/C10H17N3O/c1-7-8(10(6-11)4-5-10)9(14-3)13(2)12-7/h4-6,11H2,1-3H3. The topological polar surface area (TPSA) is 53.1 Å². The minimum atomic E-state index is 0.156. The van der Waals surface area contributed by atoms with Crippen LogP contribution in [0.4, 0.5) is 0 Å². The molecule has 1 aliphatic carbocycles. The van der Waals surface area contributed by atoms with Crippen molar-refractivity contribution in [2.75, 3.05) is 13.7 Å². The summed E-state index contributed by atoms with van der Waals surface area (Å²) in [7, 11) is 3.59. The molecule has 0 bridgehead atoms. The smallest absolute Gasteiger partial charge is 0.215 e. The molecule has 2 rings (SSSR count). The van der Waals surface area contributed by atoms with Crippen molar-refractivity contribution in [2.24, 2.45) is 12.8 Å². The number of hydrogen-bond acceptors (Lipinski definition) is 3. The summed E-state index contributed by atoms with van der Waals surface area (Å²) in [5.74, 6) is 0.866. The van der Waals surface area contributed by atoms with Crippen LogP contribution in [-0.2, 0) is 12.5 Å². The molecule has 0 saturated heterocycles. The average Bonchev–Trinajstić information content (AvgIpc) is 2.88. The van der Waals surface area contributed by atoms with Gasteiger partial charge < -0.3 is 10.5 Å². The third-order valence-corrected chi connectivity index (χ3v) is 3.14. The normalized spacial score (nSPS) is 18.3. The molecule has 1 aromatic rings. The fourth-order valence-electron chi connectivity index (χ4n) is 2.19. The van der Waals surface area contributed by atoms with Gasteiger partial charge in [-0.05, 0) is 19.8 Å². The lowest BCUT2D eigenvalue weighted by atomic mass is 9.96. The highest BCUT2D eigenvalue weighted by molar-refractivity contribution is 5.43. The molecule has 0 spiro atoms. The number of ether oxygens (including phenoxy) is 1. The molecular weight excluding hydrogens is 178 g/mol. The molecule has 4 heteroatoms. The summed E-state index contributed by atoms with van der Waals surface area (Å²) in [4.78, 5) is 0. The summed E-state index contributed by atoms with van der Waals surface area (Å²) in [5, 5.41) is 4.37. The van der Waals surface area contributed by atoms with Crippen molar-refractivity contribution >= 4 is 0 Å². The van der Waals surface area contributed by atoms with E-state index in [1.807, 2.05) is 14.0 Å². The van der Waals surface area contributed by atoms with Gasteiger partial charge in [0.05, 0.1) is 12.8 Å². The number of nitrogens with two attached hydrogens (primary N) is 1. The van der Waals surface area contributed by atoms with Gasteiger partial charge in [-0.2, -0.15) is 5.10 Å². The zero-order valence-electron chi connectivity index (χ0n) is 9.00. The highest BCUT2D eigenvalue weighted by atomic mass is 16.5. The summed E-state index contributed by atoms with van der Waals surface area (Å²) < 4.78 is 7.16. The Labute approximate surface area is 84.0 Å². The van der Waals surface area contributed by atoms with Crippen LogP contribution in [0.25, 0.3) is 0 Å². The van der Waals surface area contributed by atoms with Gasteiger partial charge in [0.25, 0.3) is 0 Å². The minimum Gasteiger partial charge on any atom is -0.481 e. The quantitative estimate of drug-likeness (QED) is 0.773. The molecular formula is C10H17N3O. The highest BCUT2D eigenvalue weighted by Crippen LogP contribution is 2.51. The Bertz CT molecular complexity index is 352. The maximum Gasteiger partial charge on any atom is 0.215 e. The lowest BCUT2D eigenvalue weighted by molar-refractivity contribution is 0.365. The van der Waals surface area contributed by atoms with E-state index in [1.54, 1.807) is 11.8 Å². The zero-order chi connectivity index (χ0) is 10.3. The van der Waals surface area contributed by atoms with Gasteiger partial charge in [0.2, 0.25) is 5.88 Å². The molecule has 0 amide bonds. The molecule has 4 nitrogen and oxygen atoms in total. The van der Waals surface area contributed by atoms with Gasteiger partial charge in [-0.25, -0.2) is 4.68 Å². The first-order valence-corrected chi connectivity index (χ1v) is 4.93. The predicted octanol–water partition coefficient (Wildman–Crippen LogP) is 0.727. The van der Waals surface area contributed by atoms with E-state index in [0.29, 0.717) is 6.54 Å². The van der Waals surface area contributed by atoms with Crippen LogP contribution in [-0.4, -0.2) is 23.4 Å². The molecule has 78 valence electrons. The average molecular weight is 195 g/mol. The Morgan fingerprint density at radius 2 is 2.21 bits per heavy atom. The van der Waals surface area contributed by atoms with Gasteiger partial charge in [0.1, 0.15) is 0 Å². The molecule has 14 heavy (non-hydrogen) atoms. The van der Waals surface area contributed by atoms with Crippen molar-refractivity contribution in [3.05, 3.63) is 11.3 Å². The Morgan fingerprint density at radius 3 is 2.64 bits per heavy atom. The number of hydrogen-bond donors (Lipinski definition) is 1. The first-order valence-electron chi connectivity index (χ1n) is 4.93. The lowest BCUT2D eigenvalue weighted by Crippen LogP contribution is -2.20. The maximum atomic E-state index is 5.81. The summed E-state index contributed by atoms with van der Waals surface area (Å²) in [6.45, 7) is 2.71. The van der Waals surface area contributed by atoms with Gasteiger partial charge in [-0.15, -0.1) is 0 Å². The van der Waals surface area contributed by atoms with E-state index < -0.39 is 0 Å². The molecule has 1 heterocycles. The SMILES string of the molecule is COc1c(C2(CN)CC2)c(C)nn1C. The third kappa shape index (κ3) is 1.14. The number of rotatable bonds is 3. The molecule has 1 aliphatic rings. The van der Waals surface area contributed by atoms with Gasteiger partial charge in [-0.3, -0.25) is 0 Å². The first kappa shape index (κ1) is 9.52. The van der Waals surface area contributed by atoms with E-state index in [9.17, 15) is 0 Å². The van der Waals surface area contributed by atoms with Crippen molar-refractivity contribution in [2.45, 2.75) is 25.2 Å². The van der Waals surface area contributed by atoms with E-state index in [-0.39, 0.29) is 5.41 Å². The van der Waals surface area contributed by atoms with E-state index in [4.69, 9.17) is 10.5 Å².